The maximum atomic E-state index is 6.43. The van der Waals surface area contributed by atoms with E-state index in [1.54, 1.807) is 0 Å². The molecule has 1 aliphatic carbocycles. The zero-order valence-electron chi connectivity index (χ0n) is 12.9. The monoisotopic (exact) mass is 351 g/mol. The van der Waals surface area contributed by atoms with Gasteiger partial charge in [0.15, 0.2) is 0 Å². The van der Waals surface area contributed by atoms with E-state index in [0.29, 0.717) is 12.1 Å². The van der Waals surface area contributed by atoms with E-state index in [0.717, 1.165) is 11.0 Å². The van der Waals surface area contributed by atoms with Gasteiger partial charge in [-0.15, -0.1) is 0 Å². The maximum absolute atomic E-state index is 6.43. The van der Waals surface area contributed by atoms with Crippen LogP contribution >= 0.6 is 15.9 Å². The van der Waals surface area contributed by atoms with Crippen LogP contribution in [0.15, 0.2) is 28.7 Å². The summed E-state index contributed by atoms with van der Waals surface area (Å²) in [5, 5.41) is 3.64. The molecular formula is C18H26BrNO. The van der Waals surface area contributed by atoms with Gasteiger partial charge in [0, 0.05) is 17.1 Å². The molecule has 2 aliphatic rings. The Morgan fingerprint density at radius 1 is 1.29 bits per heavy atom. The predicted molar refractivity (Wildman–Crippen MR) is 90.5 cm³/mol. The average Bonchev–Trinajstić information content (AvgIpc) is 2.88. The van der Waals surface area contributed by atoms with Crippen LogP contribution in [0.4, 0.5) is 0 Å². The third-order valence-corrected chi connectivity index (χ3v) is 5.60. The maximum Gasteiger partial charge on any atom is 0.0708 e. The molecule has 1 spiro atoms. The third kappa shape index (κ3) is 3.88. The Labute approximate surface area is 136 Å². The van der Waals surface area contributed by atoms with E-state index in [1.807, 2.05) is 0 Å². The Kier molecular flexibility index (Phi) is 5.03. The highest BCUT2D eigenvalue weighted by molar-refractivity contribution is 9.10. The lowest BCUT2D eigenvalue weighted by Gasteiger charge is -2.33. The molecule has 1 saturated heterocycles. The summed E-state index contributed by atoms with van der Waals surface area (Å²) in [7, 11) is 0. The molecule has 1 saturated carbocycles. The number of ether oxygens (including phenoxy) is 1. The van der Waals surface area contributed by atoms with E-state index in [9.17, 15) is 0 Å². The second-order valence-corrected chi connectivity index (χ2v) is 7.62. The van der Waals surface area contributed by atoms with E-state index in [-0.39, 0.29) is 5.60 Å². The van der Waals surface area contributed by atoms with Gasteiger partial charge in [0.1, 0.15) is 0 Å². The SMILES string of the molecule is C[C@H](NCC1CCC2(CCCCC2)O1)c1cccc(Br)c1. The lowest BCUT2D eigenvalue weighted by atomic mass is 9.83. The highest BCUT2D eigenvalue weighted by atomic mass is 79.9. The second kappa shape index (κ2) is 6.80. The van der Waals surface area contributed by atoms with Crippen LogP contribution in [-0.2, 0) is 4.74 Å². The molecule has 3 heteroatoms. The van der Waals surface area contributed by atoms with E-state index in [2.05, 4.69) is 52.4 Å². The van der Waals surface area contributed by atoms with Crippen molar-refractivity contribution in [2.75, 3.05) is 6.54 Å². The minimum absolute atomic E-state index is 0.240. The van der Waals surface area contributed by atoms with E-state index in [1.165, 1.54) is 50.5 Å². The van der Waals surface area contributed by atoms with Crippen molar-refractivity contribution in [1.29, 1.82) is 0 Å². The minimum atomic E-state index is 0.240. The number of benzene rings is 1. The van der Waals surface area contributed by atoms with Crippen LogP contribution in [0.25, 0.3) is 0 Å². The van der Waals surface area contributed by atoms with Crippen LogP contribution in [0, 0.1) is 0 Å². The zero-order chi connectivity index (χ0) is 14.7. The zero-order valence-corrected chi connectivity index (χ0v) is 14.5. The Morgan fingerprint density at radius 3 is 2.86 bits per heavy atom. The number of nitrogens with one attached hydrogen (secondary N) is 1. The molecule has 1 heterocycles. The topological polar surface area (TPSA) is 21.3 Å². The summed E-state index contributed by atoms with van der Waals surface area (Å²) in [5.74, 6) is 0. The molecule has 1 aromatic rings. The van der Waals surface area contributed by atoms with Gasteiger partial charge in [-0.25, -0.2) is 0 Å². The minimum Gasteiger partial charge on any atom is -0.370 e. The third-order valence-electron chi connectivity index (χ3n) is 5.10. The standard InChI is InChI=1S/C18H26BrNO/c1-14(15-6-5-7-16(19)12-15)20-13-17-8-11-18(21-17)9-3-2-4-10-18/h5-7,12,14,17,20H,2-4,8-11,13H2,1H3/t14-,17?/m0/s1. The van der Waals surface area contributed by atoms with Gasteiger partial charge in [-0.2, -0.15) is 0 Å². The normalized spacial score (nSPS) is 26.1. The molecule has 0 bridgehead atoms. The molecule has 116 valence electrons. The summed E-state index contributed by atoms with van der Waals surface area (Å²) in [6.45, 7) is 3.20. The fourth-order valence-corrected chi connectivity index (χ4v) is 4.22. The summed E-state index contributed by atoms with van der Waals surface area (Å²) >= 11 is 3.54. The molecule has 0 amide bonds. The van der Waals surface area contributed by atoms with Gasteiger partial charge < -0.3 is 10.1 Å². The molecule has 1 unspecified atom stereocenters. The van der Waals surface area contributed by atoms with Gasteiger partial charge in [-0.1, -0.05) is 47.3 Å². The molecular weight excluding hydrogens is 326 g/mol. The molecule has 2 atom stereocenters. The molecule has 2 nitrogen and oxygen atoms in total. The van der Waals surface area contributed by atoms with Gasteiger partial charge in [-0.05, 0) is 50.3 Å². The first-order valence-corrected chi connectivity index (χ1v) is 9.13. The molecule has 2 fully saturated rings. The highest BCUT2D eigenvalue weighted by Crippen LogP contribution is 2.41. The lowest BCUT2D eigenvalue weighted by Crippen LogP contribution is -2.35. The predicted octanol–water partition coefficient (Wildman–Crippen LogP) is 4.98. The van der Waals surface area contributed by atoms with Crippen molar-refractivity contribution in [3.8, 4) is 0 Å². The lowest BCUT2D eigenvalue weighted by molar-refractivity contribution is -0.0628. The highest BCUT2D eigenvalue weighted by Gasteiger charge is 2.40. The van der Waals surface area contributed by atoms with Crippen molar-refractivity contribution >= 4 is 15.9 Å². The van der Waals surface area contributed by atoms with Gasteiger partial charge >= 0.3 is 0 Å². The van der Waals surface area contributed by atoms with E-state index < -0.39 is 0 Å². The summed E-state index contributed by atoms with van der Waals surface area (Å²) in [6.07, 6.45) is 9.56. The number of hydrogen-bond acceptors (Lipinski definition) is 2. The van der Waals surface area contributed by atoms with Crippen LogP contribution in [0.2, 0.25) is 0 Å². The van der Waals surface area contributed by atoms with Crippen LogP contribution in [0.3, 0.4) is 0 Å². The first-order valence-electron chi connectivity index (χ1n) is 8.34. The van der Waals surface area contributed by atoms with Crippen molar-refractivity contribution in [3.63, 3.8) is 0 Å². The van der Waals surface area contributed by atoms with Crippen LogP contribution in [0.5, 0.6) is 0 Å². The molecule has 21 heavy (non-hydrogen) atoms. The van der Waals surface area contributed by atoms with Crippen molar-refractivity contribution in [2.45, 2.75) is 69.6 Å². The first kappa shape index (κ1) is 15.5. The Balaban J connectivity index is 1.49. The van der Waals surface area contributed by atoms with Crippen molar-refractivity contribution in [1.82, 2.24) is 5.32 Å². The summed E-state index contributed by atoms with van der Waals surface area (Å²) in [4.78, 5) is 0. The fourth-order valence-electron chi connectivity index (χ4n) is 3.81. The Hall–Kier alpha value is -0.380. The second-order valence-electron chi connectivity index (χ2n) is 6.71. The van der Waals surface area contributed by atoms with Gasteiger partial charge in [0.05, 0.1) is 11.7 Å². The quantitative estimate of drug-likeness (QED) is 0.825. The van der Waals surface area contributed by atoms with Crippen LogP contribution in [0.1, 0.15) is 63.5 Å². The van der Waals surface area contributed by atoms with Crippen molar-refractivity contribution in [2.24, 2.45) is 0 Å². The molecule has 0 aromatic heterocycles. The summed E-state index contributed by atoms with van der Waals surface area (Å²) in [5.41, 5.74) is 1.57. The first-order chi connectivity index (χ1) is 10.2. The molecule has 1 aromatic carbocycles. The number of halogens is 1. The van der Waals surface area contributed by atoms with Crippen LogP contribution < -0.4 is 5.32 Å². The van der Waals surface area contributed by atoms with E-state index >= 15 is 0 Å². The number of hydrogen-bond donors (Lipinski definition) is 1. The van der Waals surface area contributed by atoms with Gasteiger partial charge in [0.2, 0.25) is 0 Å². The Bertz CT molecular complexity index is 470. The Morgan fingerprint density at radius 2 is 2.10 bits per heavy atom. The molecule has 3 rings (SSSR count). The van der Waals surface area contributed by atoms with Crippen molar-refractivity contribution < 1.29 is 4.74 Å². The van der Waals surface area contributed by atoms with Gasteiger partial charge in [-0.3, -0.25) is 0 Å². The van der Waals surface area contributed by atoms with E-state index in [4.69, 9.17) is 4.74 Å². The average molecular weight is 352 g/mol. The summed E-state index contributed by atoms with van der Waals surface area (Å²) < 4.78 is 7.57. The largest absolute Gasteiger partial charge is 0.370 e. The smallest absolute Gasteiger partial charge is 0.0708 e. The van der Waals surface area contributed by atoms with Crippen molar-refractivity contribution in [3.05, 3.63) is 34.3 Å². The molecule has 1 N–H and O–H groups in total. The number of rotatable bonds is 4. The molecule has 1 aliphatic heterocycles. The van der Waals surface area contributed by atoms with Gasteiger partial charge in [0.25, 0.3) is 0 Å². The van der Waals surface area contributed by atoms with Crippen LogP contribution in [-0.4, -0.2) is 18.2 Å². The molecule has 0 radical (unpaired) electrons. The summed E-state index contributed by atoms with van der Waals surface area (Å²) in [6, 6.07) is 8.91. The fraction of sp³-hybridized carbons (Fsp3) is 0.667.